The van der Waals surface area contributed by atoms with Crippen LogP contribution in [0.4, 0.5) is 17.1 Å². The van der Waals surface area contributed by atoms with E-state index in [1.165, 1.54) is 12.8 Å². The topological polar surface area (TPSA) is 96.8 Å². The highest BCUT2D eigenvalue weighted by Gasteiger charge is 2.25. The number of anilines is 3. The highest BCUT2D eigenvalue weighted by Crippen LogP contribution is 2.36. The predicted molar refractivity (Wildman–Crippen MR) is 137 cm³/mol. The first kappa shape index (κ1) is 25.2. The second kappa shape index (κ2) is 12.2. The van der Waals surface area contributed by atoms with E-state index >= 15 is 0 Å². The Bertz CT molecular complexity index is 958. The highest BCUT2D eigenvalue weighted by molar-refractivity contribution is 5.77. The number of carbonyl (C=O) groups is 1. The van der Waals surface area contributed by atoms with Crippen molar-refractivity contribution in [2.24, 2.45) is 5.92 Å². The minimum atomic E-state index is -0.777. The maximum absolute atomic E-state index is 11.5. The number of carboxylic acid groups (broad SMARTS) is 1. The van der Waals surface area contributed by atoms with Gasteiger partial charge in [0.25, 0.3) is 0 Å². The molecule has 1 aliphatic heterocycles. The van der Waals surface area contributed by atoms with Gasteiger partial charge in [-0.25, -0.2) is 9.97 Å². The normalized spacial score (nSPS) is 17.1. The monoisotopic (exact) mass is 482 g/mol. The van der Waals surface area contributed by atoms with E-state index in [1.54, 1.807) is 12.4 Å². The van der Waals surface area contributed by atoms with Crippen molar-refractivity contribution in [1.82, 2.24) is 9.97 Å². The van der Waals surface area contributed by atoms with Crippen LogP contribution >= 0.6 is 0 Å². The van der Waals surface area contributed by atoms with Crippen molar-refractivity contribution in [1.29, 1.82) is 0 Å². The number of aliphatic carboxylic acids is 1. The molecule has 4 rings (SSSR count). The molecule has 1 aromatic heterocycles. The zero-order chi connectivity index (χ0) is 24.6. The summed E-state index contributed by atoms with van der Waals surface area (Å²) in [5, 5.41) is 12.9. The molecule has 1 aromatic carbocycles. The molecular formula is C27H38N4O4. The van der Waals surface area contributed by atoms with Gasteiger partial charge in [-0.3, -0.25) is 4.79 Å². The molecule has 2 heterocycles. The van der Waals surface area contributed by atoms with Crippen molar-refractivity contribution in [3.63, 3.8) is 0 Å². The summed E-state index contributed by atoms with van der Waals surface area (Å²) in [5.41, 5.74) is 3.86. The van der Waals surface area contributed by atoms with Crippen LogP contribution in [-0.4, -0.2) is 53.5 Å². The summed E-state index contributed by atoms with van der Waals surface area (Å²) in [5.74, 6) is -0.173. The van der Waals surface area contributed by atoms with Gasteiger partial charge in [-0.05, 0) is 68.1 Å². The van der Waals surface area contributed by atoms with Crippen LogP contribution in [0.5, 0.6) is 6.01 Å². The summed E-state index contributed by atoms with van der Waals surface area (Å²) in [4.78, 5) is 22.7. The Balaban J connectivity index is 1.62. The van der Waals surface area contributed by atoms with Gasteiger partial charge in [0, 0.05) is 25.8 Å². The molecule has 1 saturated carbocycles. The van der Waals surface area contributed by atoms with Crippen LogP contribution in [0.2, 0.25) is 0 Å². The van der Waals surface area contributed by atoms with Crippen molar-refractivity contribution >= 4 is 23.0 Å². The van der Waals surface area contributed by atoms with Crippen LogP contribution in [-0.2, 0) is 9.53 Å². The summed E-state index contributed by atoms with van der Waals surface area (Å²) >= 11 is 0. The molecule has 0 unspecified atom stereocenters. The first-order chi connectivity index (χ1) is 17.1. The third kappa shape index (κ3) is 7.07. The average Bonchev–Trinajstić information content (AvgIpc) is 3.71. The summed E-state index contributed by atoms with van der Waals surface area (Å²) in [6.45, 7) is 7.40. The average molecular weight is 483 g/mol. The number of benzene rings is 1. The van der Waals surface area contributed by atoms with Crippen LogP contribution in [0.1, 0.15) is 70.3 Å². The lowest BCUT2D eigenvalue weighted by molar-refractivity contribution is -0.137. The Labute approximate surface area is 208 Å². The van der Waals surface area contributed by atoms with E-state index in [2.05, 4.69) is 45.3 Å². The number of nitrogens with one attached hydrogen (secondary N) is 1. The largest absolute Gasteiger partial charge is 0.481 e. The number of rotatable bonds is 13. The molecule has 0 spiro atoms. The predicted octanol–water partition coefficient (Wildman–Crippen LogP) is 5.37. The number of carboxylic acids is 1. The van der Waals surface area contributed by atoms with Crippen molar-refractivity contribution in [3.8, 4) is 6.01 Å². The Hall–Kier alpha value is -2.87. The Kier molecular flexibility index (Phi) is 8.79. The van der Waals surface area contributed by atoms with E-state index in [-0.39, 0.29) is 12.3 Å². The quantitative estimate of drug-likeness (QED) is 0.393. The van der Waals surface area contributed by atoms with E-state index in [9.17, 15) is 9.90 Å². The van der Waals surface area contributed by atoms with Gasteiger partial charge in [0.15, 0.2) is 0 Å². The number of ether oxygens (including phenoxy) is 2. The molecule has 0 bridgehead atoms. The lowest BCUT2D eigenvalue weighted by atomic mass is 9.92. The number of nitrogens with zero attached hydrogens (tertiary/aromatic N) is 3. The molecule has 2 N–H and O–H groups in total. The third-order valence-electron chi connectivity index (χ3n) is 6.86. The van der Waals surface area contributed by atoms with Crippen LogP contribution < -0.4 is 15.0 Å². The second-order valence-corrected chi connectivity index (χ2v) is 9.65. The molecule has 2 aliphatic rings. The Morgan fingerprint density at radius 2 is 1.94 bits per heavy atom. The highest BCUT2D eigenvalue weighted by atomic mass is 16.5. The van der Waals surface area contributed by atoms with Gasteiger partial charge < -0.3 is 24.8 Å². The van der Waals surface area contributed by atoms with Gasteiger partial charge in [0.05, 0.1) is 42.5 Å². The van der Waals surface area contributed by atoms with Crippen LogP contribution in [0.25, 0.3) is 0 Å². The molecule has 1 atom stereocenters. The van der Waals surface area contributed by atoms with Crippen molar-refractivity contribution in [2.75, 3.05) is 36.6 Å². The summed E-state index contributed by atoms with van der Waals surface area (Å²) < 4.78 is 11.3. The maximum atomic E-state index is 11.5. The van der Waals surface area contributed by atoms with Gasteiger partial charge in [-0.2, -0.15) is 0 Å². The molecule has 0 amide bonds. The van der Waals surface area contributed by atoms with Gasteiger partial charge >= 0.3 is 12.0 Å². The van der Waals surface area contributed by atoms with Gasteiger partial charge in [-0.1, -0.05) is 19.9 Å². The van der Waals surface area contributed by atoms with Crippen LogP contribution in [0.3, 0.4) is 0 Å². The fraction of sp³-hybridized carbons (Fsp3) is 0.593. The molecule has 0 radical (unpaired) electrons. The first-order valence-corrected chi connectivity index (χ1v) is 13.0. The molecule has 190 valence electrons. The Morgan fingerprint density at radius 3 is 2.57 bits per heavy atom. The lowest BCUT2D eigenvalue weighted by Crippen LogP contribution is -2.40. The standard InChI is InChI=1S/C27H38N4O4/c1-3-11-31(23-9-12-34-13-10-23)25-8-7-21(20(4-2)15-26(32)33)14-24(25)30-22-16-28-27(29-17-22)35-18-19-5-6-19/h7-8,14,16-17,19-20,23,30H,3-6,9-13,15,18H2,1-2H3,(H,32,33)/t20-/m1/s1. The molecule has 2 aromatic rings. The van der Waals surface area contributed by atoms with Gasteiger partial charge in [0.1, 0.15) is 0 Å². The molecule has 1 aliphatic carbocycles. The molecule has 35 heavy (non-hydrogen) atoms. The zero-order valence-corrected chi connectivity index (χ0v) is 20.9. The smallest absolute Gasteiger partial charge is 0.316 e. The number of hydrogen-bond donors (Lipinski definition) is 2. The van der Waals surface area contributed by atoms with E-state index in [4.69, 9.17) is 9.47 Å². The van der Waals surface area contributed by atoms with E-state index < -0.39 is 5.97 Å². The molecule has 8 nitrogen and oxygen atoms in total. The molecule has 8 heteroatoms. The van der Waals surface area contributed by atoms with Crippen LogP contribution in [0.15, 0.2) is 30.6 Å². The molecular weight excluding hydrogens is 444 g/mol. The molecule has 2 fully saturated rings. The fourth-order valence-electron chi connectivity index (χ4n) is 4.69. The lowest BCUT2D eigenvalue weighted by Gasteiger charge is -2.37. The SMILES string of the molecule is CCCN(c1ccc([C@H](CC)CC(=O)O)cc1Nc1cnc(OCC2CC2)nc1)C1CCOCC1. The van der Waals surface area contributed by atoms with E-state index in [0.717, 1.165) is 68.1 Å². The van der Waals surface area contributed by atoms with Crippen LogP contribution in [0, 0.1) is 5.92 Å². The number of hydrogen-bond acceptors (Lipinski definition) is 7. The zero-order valence-electron chi connectivity index (χ0n) is 20.9. The summed E-state index contributed by atoms with van der Waals surface area (Å²) in [7, 11) is 0. The minimum Gasteiger partial charge on any atom is -0.481 e. The van der Waals surface area contributed by atoms with Crippen molar-refractivity contribution in [2.45, 2.75) is 70.8 Å². The fourth-order valence-corrected chi connectivity index (χ4v) is 4.69. The van der Waals surface area contributed by atoms with Gasteiger partial charge in [-0.15, -0.1) is 0 Å². The van der Waals surface area contributed by atoms with E-state index in [1.807, 2.05) is 6.92 Å². The summed E-state index contributed by atoms with van der Waals surface area (Å²) in [6, 6.07) is 7.14. The maximum Gasteiger partial charge on any atom is 0.316 e. The molecule has 1 saturated heterocycles. The van der Waals surface area contributed by atoms with E-state index in [0.29, 0.717) is 24.6 Å². The third-order valence-corrected chi connectivity index (χ3v) is 6.86. The van der Waals surface area contributed by atoms with Gasteiger partial charge in [0.2, 0.25) is 0 Å². The van der Waals surface area contributed by atoms with Crippen molar-refractivity contribution in [3.05, 3.63) is 36.2 Å². The number of aromatic nitrogens is 2. The first-order valence-electron chi connectivity index (χ1n) is 13.0. The minimum absolute atomic E-state index is 0.0424. The van der Waals surface area contributed by atoms with Crippen molar-refractivity contribution < 1.29 is 19.4 Å². The summed E-state index contributed by atoms with van der Waals surface area (Å²) in [6.07, 6.45) is 9.84. The second-order valence-electron chi connectivity index (χ2n) is 9.65. The Morgan fingerprint density at radius 1 is 1.20 bits per heavy atom.